The number of carbonyl (C=O) groups is 1. The normalized spacial score (nSPS) is 11.3. The van der Waals surface area contributed by atoms with Crippen molar-refractivity contribution in [3.8, 4) is 0 Å². The second-order valence-corrected chi connectivity index (χ2v) is 10.2. The summed E-state index contributed by atoms with van der Waals surface area (Å²) in [6, 6.07) is 12.3. The van der Waals surface area contributed by atoms with E-state index in [2.05, 4.69) is 35.9 Å². The lowest BCUT2D eigenvalue weighted by Gasteiger charge is -2.19. The SMILES string of the molecule is COCCNC(=O)c1ccc(Nc2nc(CNc3cccnc3N(C)S(C)(=O)=O)c3cc[nH]c3n2)cc1. The van der Waals surface area contributed by atoms with Gasteiger partial charge in [0.2, 0.25) is 16.0 Å². The van der Waals surface area contributed by atoms with Gasteiger partial charge in [-0.25, -0.2) is 18.4 Å². The minimum Gasteiger partial charge on any atom is -0.383 e. The second-order valence-electron chi connectivity index (χ2n) is 8.14. The van der Waals surface area contributed by atoms with E-state index in [9.17, 15) is 13.2 Å². The lowest BCUT2D eigenvalue weighted by molar-refractivity contribution is 0.0937. The quantitative estimate of drug-likeness (QED) is 0.217. The largest absolute Gasteiger partial charge is 0.383 e. The average molecular weight is 525 g/mol. The highest BCUT2D eigenvalue weighted by molar-refractivity contribution is 7.92. The Bertz CT molecular complexity index is 1490. The number of hydrogen-bond donors (Lipinski definition) is 4. The van der Waals surface area contributed by atoms with Crippen molar-refractivity contribution in [1.82, 2.24) is 25.3 Å². The number of H-pyrrole nitrogens is 1. The second kappa shape index (κ2) is 11.2. The number of ether oxygens (including phenoxy) is 1. The number of pyridine rings is 1. The molecule has 0 radical (unpaired) electrons. The van der Waals surface area contributed by atoms with Crippen LogP contribution >= 0.6 is 0 Å². The topological polar surface area (TPSA) is 154 Å². The highest BCUT2D eigenvalue weighted by atomic mass is 32.2. The first-order valence-electron chi connectivity index (χ1n) is 11.4. The van der Waals surface area contributed by atoms with Gasteiger partial charge < -0.3 is 25.7 Å². The molecule has 0 bridgehead atoms. The van der Waals surface area contributed by atoms with Gasteiger partial charge in [-0.2, -0.15) is 4.98 Å². The molecule has 3 aromatic heterocycles. The molecule has 13 heteroatoms. The molecule has 0 unspecified atom stereocenters. The Morgan fingerprint density at radius 1 is 1.14 bits per heavy atom. The molecule has 3 heterocycles. The summed E-state index contributed by atoms with van der Waals surface area (Å²) in [4.78, 5) is 28.7. The number of methoxy groups -OCH3 is 1. The third-order valence-corrected chi connectivity index (χ3v) is 6.69. The molecule has 0 aliphatic carbocycles. The van der Waals surface area contributed by atoms with Crippen LogP contribution in [0.25, 0.3) is 11.0 Å². The van der Waals surface area contributed by atoms with Gasteiger partial charge in [0.1, 0.15) is 5.65 Å². The van der Waals surface area contributed by atoms with Crippen molar-refractivity contribution in [3.05, 3.63) is 66.1 Å². The third-order valence-electron chi connectivity index (χ3n) is 5.52. The van der Waals surface area contributed by atoms with Crippen LogP contribution in [0.4, 0.5) is 23.1 Å². The van der Waals surface area contributed by atoms with Gasteiger partial charge in [0.05, 0.1) is 30.8 Å². The van der Waals surface area contributed by atoms with E-state index < -0.39 is 10.0 Å². The zero-order valence-electron chi connectivity index (χ0n) is 20.6. The fraction of sp³-hybridized carbons (Fsp3) is 0.250. The van der Waals surface area contributed by atoms with Crippen LogP contribution in [0, 0.1) is 0 Å². The molecule has 1 aromatic carbocycles. The molecule has 12 nitrogen and oxygen atoms in total. The van der Waals surface area contributed by atoms with E-state index in [-0.39, 0.29) is 11.7 Å². The molecule has 0 aliphatic rings. The van der Waals surface area contributed by atoms with Crippen LogP contribution in [-0.2, 0) is 21.3 Å². The van der Waals surface area contributed by atoms with Crippen molar-refractivity contribution < 1.29 is 17.9 Å². The minimum absolute atomic E-state index is 0.183. The Labute approximate surface area is 214 Å². The van der Waals surface area contributed by atoms with E-state index in [1.165, 1.54) is 13.2 Å². The molecule has 194 valence electrons. The summed E-state index contributed by atoms with van der Waals surface area (Å²) in [5, 5.41) is 10.0. The summed E-state index contributed by atoms with van der Waals surface area (Å²) in [5.41, 5.74) is 3.12. The average Bonchev–Trinajstić information content (AvgIpc) is 3.36. The first-order chi connectivity index (χ1) is 17.8. The molecule has 0 spiro atoms. The van der Waals surface area contributed by atoms with Gasteiger partial charge in [-0.3, -0.25) is 9.10 Å². The van der Waals surface area contributed by atoms with E-state index in [0.29, 0.717) is 53.9 Å². The number of hydrogen-bond acceptors (Lipinski definition) is 9. The van der Waals surface area contributed by atoms with Crippen LogP contribution in [0.2, 0.25) is 0 Å². The minimum atomic E-state index is -3.48. The van der Waals surface area contributed by atoms with Gasteiger partial charge in [0.25, 0.3) is 5.91 Å². The molecule has 0 fully saturated rings. The Morgan fingerprint density at radius 2 is 1.92 bits per heavy atom. The monoisotopic (exact) mass is 524 g/mol. The maximum atomic E-state index is 12.2. The molecule has 4 rings (SSSR count). The number of benzene rings is 1. The molecular weight excluding hydrogens is 496 g/mol. The number of aromatic nitrogens is 4. The number of rotatable bonds is 11. The van der Waals surface area contributed by atoms with Gasteiger partial charge >= 0.3 is 0 Å². The van der Waals surface area contributed by atoms with Crippen LogP contribution < -0.4 is 20.3 Å². The van der Waals surface area contributed by atoms with Crippen LogP contribution in [0.3, 0.4) is 0 Å². The van der Waals surface area contributed by atoms with Crippen molar-refractivity contribution in [2.45, 2.75) is 6.54 Å². The number of anilines is 4. The molecule has 0 aliphatic heterocycles. The number of fused-ring (bicyclic) bond motifs is 1. The number of carbonyl (C=O) groups excluding carboxylic acids is 1. The van der Waals surface area contributed by atoms with E-state index in [4.69, 9.17) is 4.74 Å². The molecule has 0 saturated carbocycles. The Morgan fingerprint density at radius 3 is 2.65 bits per heavy atom. The Hall–Kier alpha value is -4.23. The molecule has 0 atom stereocenters. The zero-order valence-corrected chi connectivity index (χ0v) is 21.5. The van der Waals surface area contributed by atoms with Gasteiger partial charge in [0, 0.05) is 49.7 Å². The van der Waals surface area contributed by atoms with Crippen molar-refractivity contribution in [1.29, 1.82) is 0 Å². The summed E-state index contributed by atoms with van der Waals surface area (Å²) < 4.78 is 30.1. The van der Waals surface area contributed by atoms with Crippen LogP contribution in [-0.4, -0.2) is 67.8 Å². The van der Waals surface area contributed by atoms with Crippen LogP contribution in [0.15, 0.2) is 54.9 Å². The highest BCUT2D eigenvalue weighted by Gasteiger charge is 2.18. The first-order valence-corrected chi connectivity index (χ1v) is 13.2. The van der Waals surface area contributed by atoms with Crippen LogP contribution in [0.1, 0.15) is 16.1 Å². The van der Waals surface area contributed by atoms with E-state index in [0.717, 1.165) is 15.9 Å². The number of aromatic amines is 1. The lowest BCUT2D eigenvalue weighted by Crippen LogP contribution is -2.26. The van der Waals surface area contributed by atoms with Crippen molar-refractivity contribution in [3.63, 3.8) is 0 Å². The molecule has 4 N–H and O–H groups in total. The molecule has 0 saturated heterocycles. The first kappa shape index (κ1) is 25.9. The van der Waals surface area contributed by atoms with Crippen molar-refractivity contribution in [2.75, 3.05) is 48.5 Å². The van der Waals surface area contributed by atoms with Gasteiger partial charge in [0.15, 0.2) is 5.82 Å². The summed E-state index contributed by atoms with van der Waals surface area (Å²) in [6.07, 6.45) is 4.43. The fourth-order valence-corrected chi connectivity index (χ4v) is 3.98. The molecule has 4 aromatic rings. The third kappa shape index (κ3) is 6.32. The maximum absolute atomic E-state index is 12.2. The summed E-state index contributed by atoms with van der Waals surface area (Å²) in [6.45, 7) is 1.17. The number of amides is 1. The highest BCUT2D eigenvalue weighted by Crippen LogP contribution is 2.25. The predicted molar refractivity (Wildman–Crippen MR) is 143 cm³/mol. The number of sulfonamides is 1. The number of nitrogens with one attached hydrogen (secondary N) is 4. The van der Waals surface area contributed by atoms with E-state index >= 15 is 0 Å². The summed E-state index contributed by atoms with van der Waals surface area (Å²) >= 11 is 0. The summed E-state index contributed by atoms with van der Waals surface area (Å²) in [5.74, 6) is 0.468. The maximum Gasteiger partial charge on any atom is 0.251 e. The van der Waals surface area contributed by atoms with Gasteiger partial charge in [-0.15, -0.1) is 0 Å². The number of nitrogens with zero attached hydrogens (tertiary/aromatic N) is 4. The van der Waals surface area contributed by atoms with Crippen molar-refractivity contribution in [2.24, 2.45) is 0 Å². The lowest BCUT2D eigenvalue weighted by atomic mass is 10.2. The molecule has 1 amide bonds. The Kier molecular flexibility index (Phi) is 7.84. The van der Waals surface area contributed by atoms with E-state index in [1.54, 1.807) is 49.7 Å². The predicted octanol–water partition coefficient (Wildman–Crippen LogP) is 2.48. The van der Waals surface area contributed by atoms with Crippen LogP contribution in [0.5, 0.6) is 0 Å². The Balaban J connectivity index is 1.52. The molecular formula is C24H28N8O4S. The standard InChI is InChI=1S/C24H28N8O4S/c1-32(37(3,34)35)22-19(5-4-11-26-22)28-15-20-18-10-12-25-21(18)31-24(30-20)29-17-8-6-16(7-9-17)23(33)27-13-14-36-2/h4-12,28H,13-15H2,1-3H3,(H,27,33)(H2,25,29,30,31). The van der Waals surface area contributed by atoms with Gasteiger partial charge in [-0.05, 0) is 42.5 Å². The smallest absolute Gasteiger partial charge is 0.251 e. The van der Waals surface area contributed by atoms with E-state index in [1.807, 2.05) is 6.07 Å². The summed E-state index contributed by atoms with van der Waals surface area (Å²) in [7, 11) is -0.453. The van der Waals surface area contributed by atoms with Gasteiger partial charge in [-0.1, -0.05) is 0 Å². The zero-order chi connectivity index (χ0) is 26.4. The van der Waals surface area contributed by atoms with Crippen molar-refractivity contribution >= 4 is 50.1 Å². The fourth-order valence-electron chi connectivity index (χ4n) is 3.52. The molecule has 37 heavy (non-hydrogen) atoms.